The Bertz CT molecular complexity index is 282. The normalized spacial score (nSPS) is 35.7. The second-order valence-electron chi connectivity index (χ2n) is 7.23. The van der Waals surface area contributed by atoms with Crippen molar-refractivity contribution in [2.75, 3.05) is 39.8 Å². The monoisotopic (exact) mass is 265 g/mol. The fourth-order valence-corrected chi connectivity index (χ4v) is 3.77. The van der Waals surface area contributed by atoms with Crippen molar-refractivity contribution in [3.63, 3.8) is 0 Å². The summed E-state index contributed by atoms with van der Waals surface area (Å²) in [6.45, 7) is 8.86. The van der Waals surface area contributed by atoms with Crippen LogP contribution in [-0.2, 0) is 0 Å². The average molecular weight is 265 g/mol. The third-order valence-electron chi connectivity index (χ3n) is 5.58. The SMILES string of the molecule is CC1CNC(C2CC2)CN1CCC1CCN(C)CC1. The highest BCUT2D eigenvalue weighted by molar-refractivity contribution is 4.93. The summed E-state index contributed by atoms with van der Waals surface area (Å²) in [5.41, 5.74) is 0. The van der Waals surface area contributed by atoms with E-state index in [0.29, 0.717) is 0 Å². The van der Waals surface area contributed by atoms with E-state index in [-0.39, 0.29) is 0 Å². The smallest absolute Gasteiger partial charge is 0.0224 e. The van der Waals surface area contributed by atoms with Crippen molar-refractivity contribution in [3.05, 3.63) is 0 Å². The van der Waals surface area contributed by atoms with Crippen LogP contribution >= 0.6 is 0 Å². The van der Waals surface area contributed by atoms with Crippen molar-refractivity contribution in [2.45, 2.75) is 51.1 Å². The number of hydrogen-bond acceptors (Lipinski definition) is 3. The Balaban J connectivity index is 1.42. The fourth-order valence-electron chi connectivity index (χ4n) is 3.77. The van der Waals surface area contributed by atoms with Crippen molar-refractivity contribution < 1.29 is 0 Å². The maximum absolute atomic E-state index is 3.76. The molecule has 3 aliphatic rings. The summed E-state index contributed by atoms with van der Waals surface area (Å²) in [4.78, 5) is 5.24. The van der Waals surface area contributed by atoms with Gasteiger partial charge in [0, 0.05) is 25.2 Å². The van der Waals surface area contributed by atoms with Gasteiger partial charge >= 0.3 is 0 Å². The molecule has 3 nitrogen and oxygen atoms in total. The van der Waals surface area contributed by atoms with Crippen molar-refractivity contribution in [3.8, 4) is 0 Å². The maximum Gasteiger partial charge on any atom is 0.0224 e. The summed E-state index contributed by atoms with van der Waals surface area (Å²) in [5, 5.41) is 3.76. The Morgan fingerprint density at radius 3 is 2.53 bits per heavy atom. The van der Waals surface area contributed by atoms with Gasteiger partial charge in [-0.25, -0.2) is 0 Å². The van der Waals surface area contributed by atoms with Gasteiger partial charge in [-0.15, -0.1) is 0 Å². The number of piperazine rings is 1. The summed E-state index contributed by atoms with van der Waals surface area (Å²) in [5.74, 6) is 1.98. The van der Waals surface area contributed by atoms with Gasteiger partial charge in [-0.1, -0.05) is 0 Å². The zero-order valence-corrected chi connectivity index (χ0v) is 12.8. The molecule has 3 heteroatoms. The Hall–Kier alpha value is -0.120. The number of rotatable bonds is 4. The van der Waals surface area contributed by atoms with Gasteiger partial charge in [-0.3, -0.25) is 4.90 Å². The Labute approximate surface area is 118 Å². The van der Waals surface area contributed by atoms with Gasteiger partial charge in [0.25, 0.3) is 0 Å². The van der Waals surface area contributed by atoms with E-state index in [1.165, 1.54) is 64.8 Å². The van der Waals surface area contributed by atoms with Crippen LogP contribution < -0.4 is 5.32 Å². The van der Waals surface area contributed by atoms with Gasteiger partial charge in [0.05, 0.1) is 0 Å². The second-order valence-corrected chi connectivity index (χ2v) is 7.23. The zero-order valence-electron chi connectivity index (χ0n) is 12.8. The van der Waals surface area contributed by atoms with Crippen molar-refractivity contribution in [2.24, 2.45) is 11.8 Å². The van der Waals surface area contributed by atoms with Crippen LogP contribution in [0.5, 0.6) is 0 Å². The van der Waals surface area contributed by atoms with Crippen LogP contribution in [0.4, 0.5) is 0 Å². The van der Waals surface area contributed by atoms with E-state index in [9.17, 15) is 0 Å². The van der Waals surface area contributed by atoms with E-state index in [2.05, 4.69) is 29.1 Å². The van der Waals surface area contributed by atoms with Crippen LogP contribution in [0.15, 0.2) is 0 Å². The van der Waals surface area contributed by atoms with E-state index in [4.69, 9.17) is 0 Å². The first-order valence-electron chi connectivity index (χ1n) is 8.38. The minimum Gasteiger partial charge on any atom is -0.311 e. The fraction of sp³-hybridized carbons (Fsp3) is 1.00. The van der Waals surface area contributed by atoms with Crippen LogP contribution in [-0.4, -0.2) is 61.7 Å². The lowest BCUT2D eigenvalue weighted by atomic mass is 9.93. The van der Waals surface area contributed by atoms with Crippen LogP contribution in [0, 0.1) is 11.8 Å². The molecular formula is C16H31N3. The lowest BCUT2D eigenvalue weighted by Crippen LogP contribution is -2.56. The van der Waals surface area contributed by atoms with Crippen LogP contribution in [0.1, 0.15) is 39.0 Å². The highest BCUT2D eigenvalue weighted by Gasteiger charge is 2.35. The molecule has 1 aliphatic carbocycles. The van der Waals surface area contributed by atoms with Crippen LogP contribution in [0.3, 0.4) is 0 Å². The van der Waals surface area contributed by atoms with Gasteiger partial charge in [0.15, 0.2) is 0 Å². The summed E-state index contributed by atoms with van der Waals surface area (Å²) >= 11 is 0. The number of piperidine rings is 1. The Morgan fingerprint density at radius 2 is 1.84 bits per heavy atom. The maximum atomic E-state index is 3.76. The second kappa shape index (κ2) is 6.11. The number of nitrogens with one attached hydrogen (secondary N) is 1. The summed E-state index contributed by atoms with van der Waals surface area (Å²) in [6.07, 6.45) is 7.20. The highest BCUT2D eigenvalue weighted by Crippen LogP contribution is 2.34. The Morgan fingerprint density at radius 1 is 1.11 bits per heavy atom. The first-order valence-corrected chi connectivity index (χ1v) is 8.38. The van der Waals surface area contributed by atoms with Gasteiger partial charge in [0.1, 0.15) is 0 Å². The zero-order chi connectivity index (χ0) is 13.2. The largest absolute Gasteiger partial charge is 0.311 e. The van der Waals surface area contributed by atoms with Crippen molar-refractivity contribution in [1.29, 1.82) is 0 Å². The minimum atomic E-state index is 0.737. The molecule has 19 heavy (non-hydrogen) atoms. The standard InChI is InChI=1S/C16H31N3/c1-13-11-17-16(15-3-4-15)12-19(13)10-7-14-5-8-18(2)9-6-14/h13-17H,3-12H2,1-2H3. The van der Waals surface area contributed by atoms with E-state index >= 15 is 0 Å². The molecule has 0 spiro atoms. The molecule has 0 bridgehead atoms. The molecule has 2 saturated heterocycles. The third kappa shape index (κ3) is 3.71. The minimum absolute atomic E-state index is 0.737. The topological polar surface area (TPSA) is 18.5 Å². The third-order valence-corrected chi connectivity index (χ3v) is 5.58. The van der Waals surface area contributed by atoms with E-state index < -0.39 is 0 Å². The molecule has 0 aromatic carbocycles. The van der Waals surface area contributed by atoms with Gasteiger partial charge < -0.3 is 10.2 Å². The first kappa shape index (κ1) is 13.8. The molecule has 3 fully saturated rings. The molecule has 0 amide bonds. The predicted molar refractivity (Wildman–Crippen MR) is 80.4 cm³/mol. The molecule has 0 aromatic rings. The predicted octanol–water partition coefficient (Wildman–Crippen LogP) is 1.79. The number of likely N-dealkylation sites (tertiary alicyclic amines) is 1. The molecule has 2 atom stereocenters. The molecule has 1 saturated carbocycles. The van der Waals surface area contributed by atoms with Crippen LogP contribution in [0.25, 0.3) is 0 Å². The summed E-state index contributed by atoms with van der Waals surface area (Å²) in [7, 11) is 2.26. The molecule has 110 valence electrons. The number of hydrogen-bond donors (Lipinski definition) is 1. The molecule has 3 rings (SSSR count). The molecular weight excluding hydrogens is 234 g/mol. The molecule has 0 aromatic heterocycles. The lowest BCUT2D eigenvalue weighted by Gasteiger charge is -2.40. The van der Waals surface area contributed by atoms with Gasteiger partial charge in [0.2, 0.25) is 0 Å². The molecule has 2 heterocycles. The first-order chi connectivity index (χ1) is 9.22. The van der Waals surface area contributed by atoms with Crippen molar-refractivity contribution in [1.82, 2.24) is 15.1 Å². The van der Waals surface area contributed by atoms with E-state index in [0.717, 1.165) is 23.9 Å². The molecule has 0 radical (unpaired) electrons. The molecule has 2 unspecified atom stereocenters. The Kier molecular flexibility index (Phi) is 4.45. The van der Waals surface area contributed by atoms with Gasteiger partial charge in [-0.2, -0.15) is 0 Å². The van der Waals surface area contributed by atoms with Crippen molar-refractivity contribution >= 4 is 0 Å². The molecule has 1 N–H and O–H groups in total. The highest BCUT2D eigenvalue weighted by atomic mass is 15.2. The van der Waals surface area contributed by atoms with Crippen LogP contribution in [0.2, 0.25) is 0 Å². The number of nitrogens with zero attached hydrogens (tertiary/aromatic N) is 2. The van der Waals surface area contributed by atoms with E-state index in [1.807, 2.05) is 0 Å². The summed E-state index contributed by atoms with van der Waals surface area (Å²) in [6, 6.07) is 1.54. The molecule has 2 aliphatic heterocycles. The average Bonchev–Trinajstić information content (AvgIpc) is 3.24. The van der Waals surface area contributed by atoms with E-state index in [1.54, 1.807) is 0 Å². The van der Waals surface area contributed by atoms with Gasteiger partial charge in [-0.05, 0) is 77.5 Å². The quantitative estimate of drug-likeness (QED) is 0.836. The lowest BCUT2D eigenvalue weighted by molar-refractivity contribution is 0.115. The summed E-state index contributed by atoms with van der Waals surface area (Å²) < 4.78 is 0.